The Morgan fingerprint density at radius 1 is 1.60 bits per heavy atom. The molecule has 4 atom stereocenters. The fourth-order valence-electron chi connectivity index (χ4n) is 1.96. The minimum absolute atomic E-state index is 0.571. The SMILES string of the molecule is [N-]=[N+]=NC1C(CO)OC(n2cc(F)c(=O)[nH]c2=O)C1O. The first-order valence-corrected chi connectivity index (χ1v) is 5.49. The molecular weight excluding hydrogens is 277 g/mol. The Hall–Kier alpha value is -2.20. The second-order valence-corrected chi connectivity index (χ2v) is 4.08. The molecule has 3 N–H and O–H groups in total. The average molecular weight is 287 g/mol. The van der Waals surface area contributed by atoms with Crippen LogP contribution in [0.4, 0.5) is 4.39 Å². The van der Waals surface area contributed by atoms with Crippen LogP contribution in [0, 0.1) is 5.82 Å². The van der Waals surface area contributed by atoms with Gasteiger partial charge in [-0.05, 0) is 5.53 Å². The lowest BCUT2D eigenvalue weighted by Crippen LogP contribution is -2.38. The number of aliphatic hydroxyl groups excluding tert-OH is 2. The van der Waals surface area contributed by atoms with E-state index in [1.54, 1.807) is 4.98 Å². The summed E-state index contributed by atoms with van der Waals surface area (Å²) in [6, 6.07) is -1.14. The van der Waals surface area contributed by atoms with Crippen molar-refractivity contribution in [3.05, 3.63) is 43.3 Å². The number of nitrogens with zero attached hydrogens (tertiary/aromatic N) is 4. The van der Waals surface area contributed by atoms with Crippen molar-refractivity contribution in [1.82, 2.24) is 9.55 Å². The van der Waals surface area contributed by atoms with Gasteiger partial charge in [0, 0.05) is 4.91 Å². The Kier molecular flexibility index (Phi) is 3.86. The molecule has 4 unspecified atom stereocenters. The molecule has 2 rings (SSSR count). The summed E-state index contributed by atoms with van der Waals surface area (Å²) in [5, 5.41) is 22.3. The first kappa shape index (κ1) is 14.2. The van der Waals surface area contributed by atoms with Gasteiger partial charge in [0.05, 0.1) is 24.9 Å². The number of aliphatic hydroxyl groups is 2. The Bertz CT molecular complexity index is 665. The molecule has 0 saturated carbocycles. The van der Waals surface area contributed by atoms with Gasteiger partial charge in [-0.2, -0.15) is 4.39 Å². The van der Waals surface area contributed by atoms with Crippen LogP contribution in [-0.4, -0.2) is 44.6 Å². The summed E-state index contributed by atoms with van der Waals surface area (Å²) in [7, 11) is 0. The van der Waals surface area contributed by atoms with Crippen LogP contribution in [0.25, 0.3) is 10.4 Å². The van der Waals surface area contributed by atoms with Crippen LogP contribution >= 0.6 is 0 Å². The summed E-state index contributed by atoms with van der Waals surface area (Å²) >= 11 is 0. The van der Waals surface area contributed by atoms with Crippen molar-refractivity contribution in [3.63, 3.8) is 0 Å². The van der Waals surface area contributed by atoms with Crippen LogP contribution in [0.15, 0.2) is 20.9 Å². The van der Waals surface area contributed by atoms with Crippen LogP contribution in [-0.2, 0) is 4.74 Å². The van der Waals surface area contributed by atoms with E-state index in [0.29, 0.717) is 10.8 Å². The third-order valence-corrected chi connectivity index (χ3v) is 2.90. The number of aromatic amines is 1. The summed E-state index contributed by atoms with van der Waals surface area (Å²) < 4.78 is 19.0. The van der Waals surface area contributed by atoms with Crippen LogP contribution in [0.1, 0.15) is 6.23 Å². The molecule has 1 aromatic rings. The molecule has 20 heavy (non-hydrogen) atoms. The van der Waals surface area contributed by atoms with Crippen molar-refractivity contribution in [2.45, 2.75) is 24.5 Å². The van der Waals surface area contributed by atoms with Crippen molar-refractivity contribution in [1.29, 1.82) is 0 Å². The first-order valence-electron chi connectivity index (χ1n) is 5.49. The third kappa shape index (κ3) is 2.30. The van der Waals surface area contributed by atoms with Crippen molar-refractivity contribution in [2.75, 3.05) is 6.61 Å². The molecule has 1 fully saturated rings. The van der Waals surface area contributed by atoms with Gasteiger partial charge < -0.3 is 14.9 Å². The van der Waals surface area contributed by atoms with Crippen molar-refractivity contribution < 1.29 is 19.3 Å². The summed E-state index contributed by atoms with van der Waals surface area (Å²) in [5.74, 6) is -1.24. The normalized spacial score (nSPS) is 29.1. The summed E-state index contributed by atoms with van der Waals surface area (Å²) in [6.45, 7) is -0.572. The van der Waals surface area contributed by atoms with Gasteiger partial charge in [-0.1, -0.05) is 5.11 Å². The van der Waals surface area contributed by atoms with Crippen LogP contribution in [0.3, 0.4) is 0 Å². The number of ether oxygens (including phenoxy) is 1. The maximum atomic E-state index is 13.2. The first-order chi connectivity index (χ1) is 9.49. The van der Waals surface area contributed by atoms with Gasteiger partial charge in [0.1, 0.15) is 6.10 Å². The Labute approximate surface area is 109 Å². The molecule has 0 radical (unpaired) electrons. The second kappa shape index (κ2) is 5.43. The lowest BCUT2D eigenvalue weighted by Gasteiger charge is -2.17. The van der Waals surface area contributed by atoms with Crippen LogP contribution < -0.4 is 11.2 Å². The van der Waals surface area contributed by atoms with E-state index in [2.05, 4.69) is 10.0 Å². The number of hydrogen-bond donors (Lipinski definition) is 3. The van der Waals surface area contributed by atoms with Crippen LogP contribution in [0.5, 0.6) is 0 Å². The maximum Gasteiger partial charge on any atom is 0.330 e. The highest BCUT2D eigenvalue weighted by atomic mass is 19.1. The van der Waals surface area contributed by atoms with Gasteiger partial charge in [-0.3, -0.25) is 14.3 Å². The van der Waals surface area contributed by atoms with E-state index in [1.165, 1.54) is 0 Å². The molecule has 11 heteroatoms. The maximum absolute atomic E-state index is 13.2. The van der Waals surface area contributed by atoms with Gasteiger partial charge in [0.2, 0.25) is 5.82 Å². The van der Waals surface area contributed by atoms with E-state index in [1.807, 2.05) is 0 Å². The molecule has 0 aliphatic carbocycles. The Morgan fingerprint density at radius 3 is 2.90 bits per heavy atom. The Morgan fingerprint density at radius 2 is 2.30 bits per heavy atom. The number of azide groups is 1. The molecule has 0 aromatic carbocycles. The minimum Gasteiger partial charge on any atom is -0.394 e. The van der Waals surface area contributed by atoms with E-state index < -0.39 is 48.2 Å². The van der Waals surface area contributed by atoms with E-state index in [-0.39, 0.29) is 0 Å². The lowest BCUT2D eigenvalue weighted by atomic mass is 10.1. The third-order valence-electron chi connectivity index (χ3n) is 2.90. The second-order valence-electron chi connectivity index (χ2n) is 4.08. The molecule has 108 valence electrons. The minimum atomic E-state index is -1.48. The zero-order chi connectivity index (χ0) is 14.9. The smallest absolute Gasteiger partial charge is 0.330 e. The molecule has 0 spiro atoms. The van der Waals surface area contributed by atoms with Gasteiger partial charge in [0.15, 0.2) is 6.23 Å². The predicted octanol–water partition coefficient (Wildman–Crippen LogP) is -1.39. The van der Waals surface area contributed by atoms with Crippen molar-refractivity contribution in [3.8, 4) is 0 Å². The number of nitrogens with one attached hydrogen (secondary N) is 1. The zero-order valence-corrected chi connectivity index (χ0v) is 9.88. The van der Waals surface area contributed by atoms with E-state index in [9.17, 15) is 19.1 Å². The van der Waals surface area contributed by atoms with Crippen LogP contribution in [0.2, 0.25) is 0 Å². The van der Waals surface area contributed by atoms with Gasteiger partial charge in [0.25, 0.3) is 5.56 Å². The number of rotatable bonds is 3. The quantitative estimate of drug-likeness (QED) is 0.354. The number of hydrogen-bond acceptors (Lipinski definition) is 6. The largest absolute Gasteiger partial charge is 0.394 e. The Balaban J connectivity index is 2.44. The van der Waals surface area contributed by atoms with Gasteiger partial charge in [-0.25, -0.2) is 4.79 Å². The average Bonchev–Trinajstić information content (AvgIpc) is 2.72. The fraction of sp³-hybridized carbons (Fsp3) is 0.556. The van der Waals surface area contributed by atoms with Gasteiger partial charge >= 0.3 is 5.69 Å². The molecule has 0 amide bonds. The highest BCUT2D eigenvalue weighted by Gasteiger charge is 2.44. The fourth-order valence-corrected chi connectivity index (χ4v) is 1.96. The molecule has 1 aromatic heterocycles. The zero-order valence-electron chi connectivity index (χ0n) is 9.88. The van der Waals surface area contributed by atoms with E-state index >= 15 is 0 Å². The number of H-pyrrole nitrogens is 1. The van der Waals surface area contributed by atoms with E-state index in [0.717, 1.165) is 0 Å². The van der Waals surface area contributed by atoms with E-state index in [4.69, 9.17) is 15.4 Å². The standard InChI is InChI=1S/C9H10FN5O5/c10-3-1-15(9(19)12-7(3)18)8-6(17)5(13-14-11)4(2-16)20-8/h1,4-6,8,16-17H,2H2,(H,12,18,19). The van der Waals surface area contributed by atoms with Crippen molar-refractivity contribution >= 4 is 0 Å². The highest BCUT2D eigenvalue weighted by Crippen LogP contribution is 2.30. The molecule has 1 aliphatic rings. The highest BCUT2D eigenvalue weighted by molar-refractivity contribution is 4.97. The van der Waals surface area contributed by atoms with Gasteiger partial charge in [-0.15, -0.1) is 0 Å². The molecule has 2 heterocycles. The summed E-state index contributed by atoms with van der Waals surface area (Å²) in [4.78, 5) is 26.7. The molecular formula is C9H10FN5O5. The number of halogens is 1. The predicted molar refractivity (Wildman–Crippen MR) is 61.2 cm³/mol. The van der Waals surface area contributed by atoms with Crippen molar-refractivity contribution in [2.24, 2.45) is 5.11 Å². The lowest BCUT2D eigenvalue weighted by molar-refractivity contribution is -0.0536. The molecule has 1 saturated heterocycles. The topological polar surface area (TPSA) is 153 Å². The molecule has 0 bridgehead atoms. The monoisotopic (exact) mass is 287 g/mol. The molecule has 10 nitrogen and oxygen atoms in total. The summed E-state index contributed by atoms with van der Waals surface area (Å²) in [6.07, 6.45) is -3.34. The number of aromatic nitrogens is 2. The summed E-state index contributed by atoms with van der Waals surface area (Å²) in [5.41, 5.74) is 6.18. The molecule has 1 aliphatic heterocycles.